The second-order valence-electron chi connectivity index (χ2n) is 5.78. The Hall–Kier alpha value is -2.09. The SMILES string of the molecule is CS(=O)(=O)c1oc2nc3c(cc2c1C(=O)O)CCCCCCN3. The number of aryl methyl sites for hydroxylation is 1. The molecule has 8 heteroatoms. The molecule has 0 unspecified atom stereocenters. The summed E-state index contributed by atoms with van der Waals surface area (Å²) in [7, 11) is -3.79. The van der Waals surface area contributed by atoms with Gasteiger partial charge in [-0.05, 0) is 30.9 Å². The van der Waals surface area contributed by atoms with Gasteiger partial charge in [-0.15, -0.1) is 0 Å². The Labute approximate surface area is 133 Å². The minimum Gasteiger partial charge on any atom is -0.478 e. The van der Waals surface area contributed by atoms with Crippen LogP contribution in [0, 0.1) is 0 Å². The van der Waals surface area contributed by atoms with Crippen molar-refractivity contribution in [2.24, 2.45) is 0 Å². The number of hydrogen-bond acceptors (Lipinski definition) is 6. The predicted octanol–water partition coefficient (Wildman–Crippen LogP) is 2.46. The molecule has 2 aromatic heterocycles. The highest BCUT2D eigenvalue weighted by Gasteiger charge is 2.28. The van der Waals surface area contributed by atoms with Crippen LogP contribution in [0.2, 0.25) is 0 Å². The largest absolute Gasteiger partial charge is 0.478 e. The minimum atomic E-state index is -3.79. The van der Waals surface area contributed by atoms with Crippen LogP contribution in [0.5, 0.6) is 0 Å². The van der Waals surface area contributed by atoms with Crippen molar-refractivity contribution in [1.29, 1.82) is 0 Å². The number of aromatic carboxylic acids is 1. The van der Waals surface area contributed by atoms with Crippen LogP contribution in [0.25, 0.3) is 11.1 Å². The fraction of sp³-hybridized carbons (Fsp3) is 0.467. The second kappa shape index (κ2) is 5.84. The zero-order valence-corrected chi connectivity index (χ0v) is 13.6. The van der Waals surface area contributed by atoms with Gasteiger partial charge < -0.3 is 14.8 Å². The van der Waals surface area contributed by atoms with Gasteiger partial charge in [-0.3, -0.25) is 0 Å². The molecule has 2 N–H and O–H groups in total. The molecule has 3 rings (SSSR count). The Morgan fingerprint density at radius 2 is 2.04 bits per heavy atom. The number of fused-ring (bicyclic) bond motifs is 2. The summed E-state index contributed by atoms with van der Waals surface area (Å²) in [6.45, 7) is 0.775. The summed E-state index contributed by atoms with van der Waals surface area (Å²) in [5, 5.41) is 12.3. The summed E-state index contributed by atoms with van der Waals surface area (Å²) in [5.41, 5.74) is 0.591. The summed E-state index contributed by atoms with van der Waals surface area (Å²) in [6.07, 6.45) is 5.95. The number of nitrogens with zero attached hydrogens (tertiary/aromatic N) is 1. The Balaban J connectivity index is 2.24. The number of anilines is 1. The zero-order valence-electron chi connectivity index (χ0n) is 12.8. The lowest BCUT2D eigenvalue weighted by atomic mass is 10.1. The number of sulfone groups is 1. The van der Waals surface area contributed by atoms with Gasteiger partial charge >= 0.3 is 5.97 Å². The van der Waals surface area contributed by atoms with Gasteiger partial charge in [0, 0.05) is 12.8 Å². The molecule has 0 amide bonds. The first-order chi connectivity index (χ1) is 10.9. The van der Waals surface area contributed by atoms with E-state index in [0.717, 1.165) is 50.5 Å². The first-order valence-electron chi connectivity index (χ1n) is 7.51. The van der Waals surface area contributed by atoms with Gasteiger partial charge in [0.2, 0.25) is 20.6 Å². The van der Waals surface area contributed by atoms with Gasteiger partial charge in [0.1, 0.15) is 11.4 Å². The normalized spacial score (nSPS) is 16.0. The predicted molar refractivity (Wildman–Crippen MR) is 84.7 cm³/mol. The Morgan fingerprint density at radius 1 is 1.30 bits per heavy atom. The van der Waals surface area contributed by atoms with Gasteiger partial charge in [-0.2, -0.15) is 4.98 Å². The summed E-state index contributed by atoms with van der Waals surface area (Å²) < 4.78 is 28.9. The van der Waals surface area contributed by atoms with Gasteiger partial charge in [0.15, 0.2) is 0 Å². The summed E-state index contributed by atoms with van der Waals surface area (Å²) in [6, 6.07) is 1.69. The van der Waals surface area contributed by atoms with Crippen molar-refractivity contribution in [3.8, 4) is 0 Å². The zero-order chi connectivity index (χ0) is 16.6. The van der Waals surface area contributed by atoms with Gasteiger partial charge in [0.05, 0.1) is 5.39 Å². The Kier molecular flexibility index (Phi) is 4.01. The van der Waals surface area contributed by atoms with E-state index in [0.29, 0.717) is 5.82 Å². The molecule has 0 bridgehead atoms. The van der Waals surface area contributed by atoms with Crippen LogP contribution in [0.1, 0.15) is 41.6 Å². The maximum absolute atomic E-state index is 11.8. The molecule has 124 valence electrons. The first kappa shape index (κ1) is 15.8. The topological polar surface area (TPSA) is 110 Å². The molecule has 7 nitrogen and oxygen atoms in total. The first-order valence-corrected chi connectivity index (χ1v) is 9.40. The summed E-state index contributed by atoms with van der Waals surface area (Å²) in [4.78, 5) is 15.9. The molecular formula is C15H18N2O5S. The highest BCUT2D eigenvalue weighted by atomic mass is 32.2. The molecule has 0 fully saturated rings. The van der Waals surface area contributed by atoms with Crippen molar-refractivity contribution in [1.82, 2.24) is 4.98 Å². The summed E-state index contributed by atoms with van der Waals surface area (Å²) in [5.74, 6) is -0.688. The number of aromatic nitrogens is 1. The van der Waals surface area contributed by atoms with E-state index in [-0.39, 0.29) is 16.7 Å². The van der Waals surface area contributed by atoms with Crippen molar-refractivity contribution >= 4 is 32.7 Å². The summed E-state index contributed by atoms with van der Waals surface area (Å²) >= 11 is 0. The van der Waals surface area contributed by atoms with Crippen LogP contribution in [0.3, 0.4) is 0 Å². The third-order valence-electron chi connectivity index (χ3n) is 3.95. The van der Waals surface area contributed by atoms with Crippen molar-refractivity contribution < 1.29 is 22.7 Å². The number of rotatable bonds is 2. The number of nitrogens with one attached hydrogen (secondary N) is 1. The van der Waals surface area contributed by atoms with Crippen LogP contribution in [0.15, 0.2) is 15.6 Å². The smallest absolute Gasteiger partial charge is 0.341 e. The highest BCUT2D eigenvalue weighted by molar-refractivity contribution is 7.90. The molecule has 3 heterocycles. The average molecular weight is 338 g/mol. The quantitative estimate of drug-likeness (QED) is 0.865. The van der Waals surface area contributed by atoms with Gasteiger partial charge in [0.25, 0.3) is 0 Å². The molecule has 0 aromatic carbocycles. The molecule has 2 aromatic rings. The van der Waals surface area contributed by atoms with E-state index >= 15 is 0 Å². The molecule has 1 aliphatic rings. The number of carboxylic acid groups (broad SMARTS) is 1. The van der Waals surface area contributed by atoms with E-state index in [9.17, 15) is 18.3 Å². The monoisotopic (exact) mass is 338 g/mol. The van der Waals surface area contributed by atoms with E-state index in [2.05, 4.69) is 10.3 Å². The number of carboxylic acids is 1. The minimum absolute atomic E-state index is 0.0355. The lowest BCUT2D eigenvalue weighted by Crippen LogP contribution is -2.06. The van der Waals surface area contributed by atoms with Gasteiger partial charge in [-0.1, -0.05) is 12.8 Å². The van der Waals surface area contributed by atoms with Crippen LogP contribution in [0.4, 0.5) is 5.82 Å². The highest BCUT2D eigenvalue weighted by Crippen LogP contribution is 2.32. The van der Waals surface area contributed by atoms with Crippen molar-refractivity contribution in [2.45, 2.75) is 37.2 Å². The van der Waals surface area contributed by atoms with Crippen LogP contribution in [-0.2, 0) is 16.3 Å². The molecule has 0 spiro atoms. The van der Waals surface area contributed by atoms with Crippen molar-refractivity contribution in [3.63, 3.8) is 0 Å². The van der Waals surface area contributed by atoms with Crippen LogP contribution < -0.4 is 5.32 Å². The molecule has 1 aliphatic heterocycles. The molecule has 0 atom stereocenters. The number of hydrogen-bond donors (Lipinski definition) is 2. The molecule has 0 saturated carbocycles. The number of furan rings is 1. The molecular weight excluding hydrogens is 320 g/mol. The average Bonchev–Trinajstić information content (AvgIpc) is 2.87. The van der Waals surface area contributed by atoms with E-state index in [1.807, 2.05) is 0 Å². The molecule has 0 radical (unpaired) electrons. The maximum atomic E-state index is 11.8. The van der Waals surface area contributed by atoms with E-state index in [1.165, 1.54) is 0 Å². The third-order valence-corrected chi connectivity index (χ3v) is 4.91. The van der Waals surface area contributed by atoms with Crippen molar-refractivity contribution in [2.75, 3.05) is 18.1 Å². The van der Waals surface area contributed by atoms with Crippen LogP contribution >= 0.6 is 0 Å². The maximum Gasteiger partial charge on any atom is 0.341 e. The van der Waals surface area contributed by atoms with E-state index in [1.54, 1.807) is 6.07 Å². The second-order valence-corrected chi connectivity index (χ2v) is 7.70. The van der Waals surface area contributed by atoms with Gasteiger partial charge in [-0.25, -0.2) is 13.2 Å². The van der Waals surface area contributed by atoms with E-state index in [4.69, 9.17) is 4.42 Å². The Bertz CT molecular complexity index is 870. The molecule has 0 saturated heterocycles. The Morgan fingerprint density at radius 3 is 2.74 bits per heavy atom. The van der Waals surface area contributed by atoms with E-state index < -0.39 is 20.9 Å². The molecule has 0 aliphatic carbocycles. The number of pyridine rings is 1. The van der Waals surface area contributed by atoms with Crippen molar-refractivity contribution in [3.05, 3.63) is 17.2 Å². The fourth-order valence-electron chi connectivity index (χ4n) is 2.85. The lowest BCUT2D eigenvalue weighted by Gasteiger charge is -2.08. The third kappa shape index (κ3) is 3.03. The fourth-order valence-corrected chi connectivity index (χ4v) is 3.65. The lowest BCUT2D eigenvalue weighted by molar-refractivity contribution is 0.0691. The van der Waals surface area contributed by atoms with Crippen LogP contribution in [-0.4, -0.2) is 37.3 Å². The number of carbonyl (C=O) groups is 1. The molecule has 23 heavy (non-hydrogen) atoms. The standard InChI is InChI=1S/C15H18N2O5S/c1-23(20,21)15-11(14(18)19)10-8-9-6-4-2-3-5-7-16-12(9)17-13(10)22-15/h8H,2-7H2,1H3,(H,16,17)(H,18,19).